The maximum absolute atomic E-state index is 11.8. The van der Waals surface area contributed by atoms with Crippen molar-refractivity contribution in [3.8, 4) is 0 Å². The van der Waals surface area contributed by atoms with Gasteiger partial charge in [-0.25, -0.2) is 4.98 Å². The van der Waals surface area contributed by atoms with Crippen molar-refractivity contribution in [2.45, 2.75) is 0 Å². The third-order valence-electron chi connectivity index (χ3n) is 2.08. The predicted octanol–water partition coefficient (Wildman–Crippen LogP) is 3.70. The van der Waals surface area contributed by atoms with Crippen molar-refractivity contribution in [1.82, 2.24) is 4.98 Å². The highest BCUT2D eigenvalue weighted by atomic mass is 127. The van der Waals surface area contributed by atoms with Crippen LogP contribution >= 0.6 is 38.5 Å². The fourth-order valence-electron chi connectivity index (χ4n) is 1.24. The first-order chi connectivity index (χ1) is 8.15. The summed E-state index contributed by atoms with van der Waals surface area (Å²) >= 11 is 5.49. The van der Waals surface area contributed by atoms with E-state index in [2.05, 4.69) is 48.8 Å². The molecule has 0 atom stereocenters. The maximum Gasteiger partial charge on any atom is 0.256 e. The molecule has 0 saturated carbocycles. The zero-order valence-electron chi connectivity index (χ0n) is 8.65. The number of carbonyl (C=O) groups is 1. The fourth-order valence-corrected chi connectivity index (χ4v) is 1.83. The zero-order chi connectivity index (χ0) is 12.3. The quantitative estimate of drug-likeness (QED) is 0.778. The minimum absolute atomic E-state index is 0.156. The van der Waals surface area contributed by atoms with Gasteiger partial charge in [-0.1, -0.05) is 0 Å². The molecule has 86 valence electrons. The summed E-state index contributed by atoms with van der Waals surface area (Å²) in [7, 11) is 0. The van der Waals surface area contributed by atoms with Crippen molar-refractivity contribution in [2.24, 2.45) is 0 Å². The molecule has 1 aromatic heterocycles. The topological polar surface area (TPSA) is 42.0 Å². The predicted molar refractivity (Wildman–Crippen MR) is 79.0 cm³/mol. The van der Waals surface area contributed by atoms with E-state index in [4.69, 9.17) is 0 Å². The molecule has 2 aromatic rings. The first-order valence-corrected chi connectivity index (χ1v) is 6.71. The highest BCUT2D eigenvalue weighted by molar-refractivity contribution is 14.1. The Labute approximate surface area is 121 Å². The van der Waals surface area contributed by atoms with Gasteiger partial charge in [0.05, 0.1) is 0 Å². The number of hydrogen-bond donors (Lipinski definition) is 1. The van der Waals surface area contributed by atoms with Gasteiger partial charge in [0, 0.05) is 19.8 Å². The molecule has 5 heteroatoms. The Morgan fingerprint density at radius 2 is 1.88 bits per heavy atom. The standard InChI is InChI=1S/C12H8BrIN2O/c13-9-3-6-11(15-7-9)16-12(17)8-1-4-10(14)5-2-8/h1-7H,(H,15,16,17). The SMILES string of the molecule is O=C(Nc1ccc(Br)cn1)c1ccc(I)cc1. The summed E-state index contributed by atoms with van der Waals surface area (Å²) in [6.45, 7) is 0. The number of rotatable bonds is 2. The third kappa shape index (κ3) is 3.50. The molecular formula is C12H8BrIN2O. The number of pyridine rings is 1. The fraction of sp³-hybridized carbons (Fsp3) is 0. The van der Waals surface area contributed by atoms with Crippen LogP contribution < -0.4 is 5.32 Å². The van der Waals surface area contributed by atoms with Crippen LogP contribution in [0.1, 0.15) is 10.4 Å². The number of aromatic nitrogens is 1. The molecule has 1 aromatic carbocycles. The number of nitrogens with one attached hydrogen (secondary N) is 1. The Morgan fingerprint density at radius 3 is 2.47 bits per heavy atom. The Balaban J connectivity index is 2.11. The van der Waals surface area contributed by atoms with E-state index >= 15 is 0 Å². The number of anilines is 1. The first kappa shape index (κ1) is 12.5. The molecule has 0 spiro atoms. The minimum Gasteiger partial charge on any atom is -0.307 e. The molecule has 3 nitrogen and oxygen atoms in total. The molecule has 0 saturated heterocycles. The molecule has 0 aliphatic carbocycles. The average molecular weight is 403 g/mol. The van der Waals surface area contributed by atoms with Crippen LogP contribution in [0.4, 0.5) is 5.82 Å². The van der Waals surface area contributed by atoms with E-state index in [0.29, 0.717) is 11.4 Å². The lowest BCUT2D eigenvalue weighted by Crippen LogP contribution is -2.12. The van der Waals surface area contributed by atoms with Crippen LogP contribution in [0.5, 0.6) is 0 Å². The van der Waals surface area contributed by atoms with Gasteiger partial charge >= 0.3 is 0 Å². The number of halogens is 2. The number of nitrogens with zero attached hydrogens (tertiary/aromatic N) is 1. The van der Waals surface area contributed by atoms with Crippen molar-refractivity contribution >= 4 is 50.2 Å². The van der Waals surface area contributed by atoms with Gasteiger partial charge in [0.25, 0.3) is 5.91 Å². The van der Waals surface area contributed by atoms with Crippen LogP contribution in [0.3, 0.4) is 0 Å². The normalized spacial score (nSPS) is 10.0. The Kier molecular flexibility index (Phi) is 4.11. The molecule has 0 aliphatic heterocycles. The third-order valence-corrected chi connectivity index (χ3v) is 3.26. The second-order valence-corrected chi connectivity index (χ2v) is 5.48. The first-order valence-electron chi connectivity index (χ1n) is 4.83. The van der Waals surface area contributed by atoms with E-state index in [1.54, 1.807) is 24.4 Å². The molecule has 0 radical (unpaired) electrons. The van der Waals surface area contributed by atoms with Crippen LogP contribution in [0.15, 0.2) is 47.1 Å². The molecule has 1 N–H and O–H groups in total. The van der Waals surface area contributed by atoms with Crippen molar-refractivity contribution in [1.29, 1.82) is 0 Å². The van der Waals surface area contributed by atoms with Gasteiger partial charge in [-0.3, -0.25) is 4.79 Å². The van der Waals surface area contributed by atoms with Gasteiger partial charge in [0.1, 0.15) is 5.82 Å². The monoisotopic (exact) mass is 402 g/mol. The summed E-state index contributed by atoms with van der Waals surface area (Å²) in [5.41, 5.74) is 0.620. The maximum atomic E-state index is 11.8. The van der Waals surface area contributed by atoms with E-state index in [-0.39, 0.29) is 5.91 Å². The molecule has 0 aliphatic rings. The van der Waals surface area contributed by atoms with E-state index in [0.717, 1.165) is 8.04 Å². The lowest BCUT2D eigenvalue weighted by Gasteiger charge is -2.04. The van der Waals surface area contributed by atoms with Gasteiger partial charge in [-0.2, -0.15) is 0 Å². The van der Waals surface area contributed by atoms with E-state index < -0.39 is 0 Å². The molecule has 0 unspecified atom stereocenters. The summed E-state index contributed by atoms with van der Waals surface area (Å²) in [5.74, 6) is 0.382. The molecule has 0 bridgehead atoms. The van der Waals surface area contributed by atoms with Gasteiger partial charge < -0.3 is 5.32 Å². The number of hydrogen-bond acceptors (Lipinski definition) is 2. The van der Waals surface area contributed by atoms with Crippen LogP contribution in [-0.2, 0) is 0 Å². The van der Waals surface area contributed by atoms with Crippen LogP contribution in [-0.4, -0.2) is 10.9 Å². The molecule has 1 heterocycles. The zero-order valence-corrected chi connectivity index (χ0v) is 12.4. The second-order valence-electron chi connectivity index (χ2n) is 3.32. The second kappa shape index (κ2) is 5.59. The van der Waals surface area contributed by atoms with Crippen molar-refractivity contribution in [3.05, 3.63) is 56.2 Å². The van der Waals surface area contributed by atoms with Gasteiger partial charge in [0.15, 0.2) is 0 Å². The lowest BCUT2D eigenvalue weighted by molar-refractivity contribution is 0.102. The summed E-state index contributed by atoms with van der Waals surface area (Å²) in [4.78, 5) is 15.9. The van der Waals surface area contributed by atoms with Crippen LogP contribution in [0.2, 0.25) is 0 Å². The Hall–Kier alpha value is -0.950. The summed E-state index contributed by atoms with van der Waals surface area (Å²) < 4.78 is 1.98. The average Bonchev–Trinajstić information content (AvgIpc) is 2.33. The van der Waals surface area contributed by atoms with Crippen LogP contribution in [0.25, 0.3) is 0 Å². The minimum atomic E-state index is -0.156. The highest BCUT2D eigenvalue weighted by Crippen LogP contribution is 2.12. The summed E-state index contributed by atoms with van der Waals surface area (Å²) in [5, 5.41) is 2.73. The Morgan fingerprint density at radius 1 is 1.18 bits per heavy atom. The molecule has 17 heavy (non-hydrogen) atoms. The van der Waals surface area contributed by atoms with Crippen molar-refractivity contribution < 1.29 is 4.79 Å². The molecular weight excluding hydrogens is 395 g/mol. The lowest BCUT2D eigenvalue weighted by atomic mass is 10.2. The highest BCUT2D eigenvalue weighted by Gasteiger charge is 2.05. The smallest absolute Gasteiger partial charge is 0.256 e. The largest absolute Gasteiger partial charge is 0.307 e. The van der Waals surface area contributed by atoms with Crippen molar-refractivity contribution in [2.75, 3.05) is 5.32 Å². The molecule has 1 amide bonds. The summed E-state index contributed by atoms with van der Waals surface area (Å²) in [6.07, 6.45) is 1.64. The van der Waals surface area contributed by atoms with Crippen molar-refractivity contribution in [3.63, 3.8) is 0 Å². The van der Waals surface area contributed by atoms with Crippen LogP contribution in [0, 0.1) is 3.57 Å². The summed E-state index contributed by atoms with van der Waals surface area (Å²) in [6, 6.07) is 10.9. The van der Waals surface area contributed by atoms with Gasteiger partial charge in [-0.15, -0.1) is 0 Å². The van der Waals surface area contributed by atoms with E-state index in [1.165, 1.54) is 0 Å². The number of amides is 1. The van der Waals surface area contributed by atoms with E-state index in [9.17, 15) is 4.79 Å². The molecule has 2 rings (SSSR count). The van der Waals surface area contributed by atoms with Gasteiger partial charge in [0.2, 0.25) is 0 Å². The van der Waals surface area contributed by atoms with E-state index in [1.807, 2.05) is 18.2 Å². The molecule has 0 fully saturated rings. The van der Waals surface area contributed by atoms with Gasteiger partial charge in [-0.05, 0) is 74.9 Å². The Bertz CT molecular complexity index is 525. The number of carbonyl (C=O) groups excluding carboxylic acids is 1. The number of benzene rings is 1.